The number of pyridine rings is 1. The summed E-state index contributed by atoms with van der Waals surface area (Å²) < 4.78 is 0. The highest BCUT2D eigenvalue weighted by Gasteiger charge is 2.17. The van der Waals surface area contributed by atoms with Crippen molar-refractivity contribution in [2.75, 3.05) is 0 Å². The van der Waals surface area contributed by atoms with Gasteiger partial charge in [0.25, 0.3) is 0 Å². The summed E-state index contributed by atoms with van der Waals surface area (Å²) in [5.74, 6) is 0.671. The molecule has 9 heteroatoms. The van der Waals surface area contributed by atoms with Gasteiger partial charge in [-0.25, -0.2) is 9.97 Å². The van der Waals surface area contributed by atoms with Gasteiger partial charge in [-0.05, 0) is 37.3 Å². The summed E-state index contributed by atoms with van der Waals surface area (Å²) >= 11 is 1.46. The molecule has 5 aromatic heterocycles. The van der Waals surface area contributed by atoms with E-state index in [-0.39, 0.29) is 5.78 Å². The van der Waals surface area contributed by atoms with Crippen molar-refractivity contribution in [1.29, 1.82) is 0 Å². The Bertz CT molecular complexity index is 1610. The first-order valence-corrected chi connectivity index (χ1v) is 10.7. The number of imidazole rings is 1. The van der Waals surface area contributed by atoms with Crippen molar-refractivity contribution >= 4 is 39.2 Å². The van der Waals surface area contributed by atoms with Gasteiger partial charge in [-0.15, -0.1) is 11.3 Å². The molecule has 32 heavy (non-hydrogen) atoms. The Labute approximate surface area is 185 Å². The minimum absolute atomic E-state index is 0.0544. The number of H-pyrrole nitrogens is 2. The molecule has 6 rings (SSSR count). The molecule has 0 spiro atoms. The lowest BCUT2D eigenvalue weighted by molar-refractivity contribution is 0.102. The number of thiophene rings is 1. The van der Waals surface area contributed by atoms with Gasteiger partial charge in [0.1, 0.15) is 5.69 Å². The Balaban J connectivity index is 1.49. The molecule has 0 amide bonds. The lowest BCUT2D eigenvalue weighted by Gasteiger charge is -2.00. The van der Waals surface area contributed by atoms with Crippen LogP contribution in [0.15, 0.2) is 61.2 Å². The molecule has 0 fully saturated rings. The van der Waals surface area contributed by atoms with Gasteiger partial charge < -0.3 is 4.98 Å². The molecule has 0 atom stereocenters. The molecule has 8 nitrogen and oxygen atoms in total. The third-order valence-corrected chi connectivity index (χ3v) is 6.48. The van der Waals surface area contributed by atoms with Crippen molar-refractivity contribution in [3.05, 3.63) is 66.1 Å². The molecule has 0 aliphatic rings. The third kappa shape index (κ3) is 2.98. The molecule has 0 saturated heterocycles. The Hall–Kier alpha value is -4.24. The van der Waals surface area contributed by atoms with Gasteiger partial charge in [0.2, 0.25) is 0 Å². The SMILES string of the molecule is CC(=O)c1ccc(-c2ccnc3nc(-c4n[nH]c5ccc(-c6cnccn6)cc45)[nH]c23)s1. The lowest BCUT2D eigenvalue weighted by Crippen LogP contribution is -1.85. The molecular formula is C23H15N7OS. The van der Waals surface area contributed by atoms with Gasteiger partial charge in [0.15, 0.2) is 17.3 Å². The summed E-state index contributed by atoms with van der Waals surface area (Å²) in [6, 6.07) is 11.7. The molecule has 0 bridgehead atoms. The number of carbonyl (C=O) groups excluding carboxylic acids is 1. The summed E-state index contributed by atoms with van der Waals surface area (Å²) in [5.41, 5.74) is 5.67. The van der Waals surface area contributed by atoms with Crippen LogP contribution < -0.4 is 0 Å². The number of aromatic nitrogens is 7. The van der Waals surface area contributed by atoms with Crippen LogP contribution in [0, 0.1) is 0 Å². The van der Waals surface area contributed by atoms with Crippen LogP contribution >= 0.6 is 11.3 Å². The molecule has 0 radical (unpaired) electrons. The molecule has 0 aliphatic carbocycles. The van der Waals surface area contributed by atoms with Crippen LogP contribution in [0.4, 0.5) is 0 Å². The summed E-state index contributed by atoms with van der Waals surface area (Å²) in [7, 11) is 0. The minimum atomic E-state index is 0.0544. The number of fused-ring (bicyclic) bond motifs is 2. The second-order valence-electron chi connectivity index (χ2n) is 7.29. The first-order chi connectivity index (χ1) is 15.7. The first-order valence-electron chi connectivity index (χ1n) is 9.88. The maximum absolute atomic E-state index is 11.7. The van der Waals surface area contributed by atoms with Crippen LogP contribution in [0.2, 0.25) is 0 Å². The van der Waals surface area contributed by atoms with Gasteiger partial charge in [-0.2, -0.15) is 5.10 Å². The summed E-state index contributed by atoms with van der Waals surface area (Å²) in [6.07, 6.45) is 6.78. The lowest BCUT2D eigenvalue weighted by atomic mass is 10.1. The van der Waals surface area contributed by atoms with E-state index in [0.717, 1.165) is 43.0 Å². The highest BCUT2D eigenvalue weighted by atomic mass is 32.1. The fourth-order valence-electron chi connectivity index (χ4n) is 3.70. The Morgan fingerprint density at radius 1 is 1.03 bits per heavy atom. The number of benzene rings is 1. The van der Waals surface area contributed by atoms with Crippen LogP contribution in [0.1, 0.15) is 16.6 Å². The molecule has 0 saturated carbocycles. The van der Waals surface area contributed by atoms with E-state index in [2.05, 4.69) is 30.1 Å². The molecule has 2 N–H and O–H groups in total. The van der Waals surface area contributed by atoms with Crippen LogP contribution in [0.5, 0.6) is 0 Å². The summed E-state index contributed by atoms with van der Waals surface area (Å²) in [4.78, 5) is 34.5. The number of aromatic amines is 2. The van der Waals surface area contributed by atoms with Crippen molar-refractivity contribution in [2.24, 2.45) is 0 Å². The molecule has 154 valence electrons. The van der Waals surface area contributed by atoms with Gasteiger partial charge in [-0.3, -0.25) is 19.9 Å². The van der Waals surface area contributed by atoms with Gasteiger partial charge in [-0.1, -0.05) is 6.07 Å². The fraction of sp³-hybridized carbons (Fsp3) is 0.0435. The maximum Gasteiger partial charge on any atom is 0.178 e. The maximum atomic E-state index is 11.7. The number of carbonyl (C=O) groups is 1. The van der Waals surface area contributed by atoms with Crippen LogP contribution in [0.25, 0.3) is 55.3 Å². The average molecular weight is 437 g/mol. The van der Waals surface area contributed by atoms with E-state index < -0.39 is 0 Å². The second-order valence-corrected chi connectivity index (χ2v) is 8.37. The largest absolute Gasteiger partial charge is 0.335 e. The van der Waals surface area contributed by atoms with Crippen LogP contribution in [-0.2, 0) is 0 Å². The second kappa shape index (κ2) is 7.17. The van der Waals surface area contributed by atoms with E-state index in [1.54, 1.807) is 31.7 Å². The standard InChI is InChI=1S/C23H15N7OS/c1-12(31)18-4-5-19(32-18)14-6-7-26-22-20(14)27-23(28-22)21-15-10-13(2-3-16(15)29-30-21)17-11-24-8-9-25-17/h2-11H,1H3,(H,29,30)(H,26,27,28). The van der Waals surface area contributed by atoms with Crippen molar-refractivity contribution in [3.63, 3.8) is 0 Å². The predicted molar refractivity (Wildman–Crippen MR) is 123 cm³/mol. The van der Waals surface area contributed by atoms with E-state index in [1.807, 2.05) is 36.4 Å². The number of nitrogens with one attached hydrogen (secondary N) is 2. The quantitative estimate of drug-likeness (QED) is 0.380. The van der Waals surface area contributed by atoms with Crippen molar-refractivity contribution in [1.82, 2.24) is 35.1 Å². The molecule has 1 aromatic carbocycles. The fourth-order valence-corrected chi connectivity index (χ4v) is 4.64. The monoisotopic (exact) mass is 437 g/mol. The smallest absolute Gasteiger partial charge is 0.178 e. The van der Waals surface area contributed by atoms with Crippen LogP contribution in [-0.4, -0.2) is 40.9 Å². The topological polar surface area (TPSA) is 113 Å². The third-order valence-electron chi connectivity index (χ3n) is 5.26. The Kier molecular flexibility index (Phi) is 4.15. The zero-order chi connectivity index (χ0) is 21.7. The normalized spacial score (nSPS) is 11.4. The highest BCUT2D eigenvalue weighted by Crippen LogP contribution is 2.34. The van der Waals surface area contributed by atoms with E-state index in [9.17, 15) is 4.79 Å². The summed E-state index contributed by atoms with van der Waals surface area (Å²) in [5, 5.41) is 8.49. The number of nitrogens with zero attached hydrogens (tertiary/aromatic N) is 5. The Morgan fingerprint density at radius 2 is 1.97 bits per heavy atom. The van der Waals surface area contributed by atoms with Gasteiger partial charge in [0, 0.05) is 40.0 Å². The van der Waals surface area contributed by atoms with Crippen molar-refractivity contribution in [2.45, 2.75) is 6.92 Å². The molecule has 0 unspecified atom stereocenters. The number of hydrogen-bond donors (Lipinski definition) is 2. The van der Waals surface area contributed by atoms with E-state index in [4.69, 9.17) is 4.98 Å². The van der Waals surface area contributed by atoms with Gasteiger partial charge in [0.05, 0.1) is 27.8 Å². The molecule has 5 heterocycles. The Morgan fingerprint density at radius 3 is 2.78 bits per heavy atom. The number of rotatable bonds is 4. The summed E-state index contributed by atoms with van der Waals surface area (Å²) in [6.45, 7) is 1.57. The zero-order valence-corrected chi connectivity index (χ0v) is 17.6. The van der Waals surface area contributed by atoms with Crippen molar-refractivity contribution in [3.8, 4) is 33.2 Å². The molecule has 0 aliphatic heterocycles. The zero-order valence-electron chi connectivity index (χ0n) is 16.8. The molecule has 6 aromatic rings. The van der Waals surface area contributed by atoms with E-state index in [0.29, 0.717) is 17.2 Å². The van der Waals surface area contributed by atoms with E-state index >= 15 is 0 Å². The molecular weight excluding hydrogens is 422 g/mol. The van der Waals surface area contributed by atoms with E-state index in [1.165, 1.54) is 11.3 Å². The van der Waals surface area contributed by atoms with Crippen LogP contribution in [0.3, 0.4) is 0 Å². The van der Waals surface area contributed by atoms with Gasteiger partial charge >= 0.3 is 0 Å². The highest BCUT2D eigenvalue weighted by molar-refractivity contribution is 7.17. The number of hydrogen-bond acceptors (Lipinski definition) is 7. The first kappa shape index (κ1) is 18.5. The minimum Gasteiger partial charge on any atom is -0.335 e. The number of Topliss-reactive ketones (excluding diaryl/α,β-unsaturated/α-hetero) is 1. The van der Waals surface area contributed by atoms with Crippen molar-refractivity contribution < 1.29 is 4.79 Å². The average Bonchev–Trinajstić information content (AvgIpc) is 3.56. The number of ketones is 1. The predicted octanol–water partition coefficient (Wildman–Crippen LogP) is 4.89.